The molecule has 2 aromatic carbocycles. The third kappa shape index (κ3) is 2.48. The largest absolute Gasteiger partial charge is 0.223 e. The molecule has 0 fully saturated rings. The van der Waals surface area contributed by atoms with Gasteiger partial charge in [0.25, 0.3) is 0 Å². The second kappa shape index (κ2) is 5.40. The molecule has 0 saturated heterocycles. The number of nitriles is 1. The second-order valence-electron chi connectivity index (χ2n) is 4.28. The molecule has 3 rings (SSSR count). The first-order chi connectivity index (χ1) is 10.1. The smallest absolute Gasteiger partial charge is 0.218 e. The van der Waals surface area contributed by atoms with Crippen LogP contribution < -0.4 is 0 Å². The normalized spacial score (nSPS) is 10.6. The van der Waals surface area contributed by atoms with Gasteiger partial charge in [-0.25, -0.2) is 14.4 Å². The van der Waals surface area contributed by atoms with Gasteiger partial charge in [-0.15, -0.1) is 0 Å². The number of aromatic nitrogens is 2. The van der Waals surface area contributed by atoms with E-state index in [1.807, 2.05) is 12.1 Å². The first-order valence-corrected chi connectivity index (χ1v) is 7.09. The molecule has 3 aromatic rings. The fourth-order valence-electron chi connectivity index (χ4n) is 2.08. The lowest BCUT2D eigenvalue weighted by Crippen LogP contribution is -1.95. The van der Waals surface area contributed by atoms with Gasteiger partial charge >= 0.3 is 0 Å². The van der Waals surface area contributed by atoms with Gasteiger partial charge in [0, 0.05) is 15.4 Å². The van der Waals surface area contributed by atoms with Crippen LogP contribution in [0.15, 0.2) is 40.9 Å². The molecule has 0 amide bonds. The van der Waals surface area contributed by atoms with Crippen LogP contribution in [0, 0.1) is 17.1 Å². The number of fused-ring (bicyclic) bond motifs is 1. The molecule has 0 saturated carbocycles. The summed E-state index contributed by atoms with van der Waals surface area (Å²) in [6, 6.07) is 11.8. The van der Waals surface area contributed by atoms with Crippen LogP contribution in [0.3, 0.4) is 0 Å². The van der Waals surface area contributed by atoms with Crippen molar-refractivity contribution in [2.75, 3.05) is 0 Å². The Hall–Kier alpha value is -2.03. The van der Waals surface area contributed by atoms with Crippen LogP contribution in [-0.2, 0) is 0 Å². The van der Waals surface area contributed by atoms with E-state index in [1.165, 1.54) is 6.07 Å². The summed E-state index contributed by atoms with van der Waals surface area (Å²) < 4.78 is 15.2. The Morgan fingerprint density at radius 1 is 1.19 bits per heavy atom. The summed E-state index contributed by atoms with van der Waals surface area (Å²) in [4.78, 5) is 8.25. The Balaban J connectivity index is 2.40. The van der Waals surface area contributed by atoms with Crippen molar-refractivity contribution in [2.45, 2.75) is 0 Å². The number of hydrogen-bond acceptors (Lipinski definition) is 3. The maximum atomic E-state index is 14.4. The minimum atomic E-state index is -0.615. The fraction of sp³-hybridized carbons (Fsp3) is 0. The first-order valence-electron chi connectivity index (χ1n) is 5.92. The molecule has 0 aliphatic carbocycles. The molecular formula is C15H6BrClFN3. The van der Waals surface area contributed by atoms with Crippen LogP contribution in [0.1, 0.15) is 5.56 Å². The van der Waals surface area contributed by atoms with Crippen molar-refractivity contribution in [3.05, 3.63) is 57.5 Å². The lowest BCUT2D eigenvalue weighted by molar-refractivity contribution is 0.627. The van der Waals surface area contributed by atoms with Crippen LogP contribution in [-0.4, -0.2) is 9.97 Å². The molecule has 3 nitrogen and oxygen atoms in total. The summed E-state index contributed by atoms with van der Waals surface area (Å²) in [5.41, 5.74) is 1.16. The van der Waals surface area contributed by atoms with E-state index in [1.54, 1.807) is 24.3 Å². The molecule has 0 unspecified atom stereocenters. The monoisotopic (exact) mass is 361 g/mol. The lowest BCUT2D eigenvalue weighted by atomic mass is 10.0. The summed E-state index contributed by atoms with van der Waals surface area (Å²) in [7, 11) is 0. The standard InChI is InChI=1S/C15H6BrClFN3/c16-9-4-5-12-11(6-9)14(21-15(17)20-12)10-3-1-2-8(7-19)13(10)18/h1-6H. The van der Waals surface area contributed by atoms with Crippen LogP contribution >= 0.6 is 27.5 Å². The average Bonchev–Trinajstić information content (AvgIpc) is 2.47. The zero-order valence-electron chi connectivity index (χ0n) is 10.4. The molecule has 1 aromatic heterocycles. The Morgan fingerprint density at radius 2 is 2.00 bits per heavy atom. The number of hydrogen-bond donors (Lipinski definition) is 0. The Morgan fingerprint density at radius 3 is 2.76 bits per heavy atom. The van der Waals surface area contributed by atoms with E-state index < -0.39 is 5.82 Å². The molecule has 0 aliphatic rings. The second-order valence-corrected chi connectivity index (χ2v) is 5.54. The van der Waals surface area contributed by atoms with E-state index in [9.17, 15) is 4.39 Å². The summed E-state index contributed by atoms with van der Waals surface area (Å²) in [6.07, 6.45) is 0. The molecule has 0 radical (unpaired) electrons. The van der Waals surface area contributed by atoms with Crippen molar-refractivity contribution in [3.8, 4) is 17.3 Å². The van der Waals surface area contributed by atoms with Crippen LogP contribution in [0.4, 0.5) is 4.39 Å². The molecule has 0 bridgehead atoms. The van der Waals surface area contributed by atoms with Gasteiger partial charge in [-0.1, -0.05) is 22.0 Å². The van der Waals surface area contributed by atoms with E-state index in [2.05, 4.69) is 25.9 Å². The van der Waals surface area contributed by atoms with Gasteiger partial charge in [0.15, 0.2) is 0 Å². The van der Waals surface area contributed by atoms with Crippen molar-refractivity contribution < 1.29 is 4.39 Å². The summed E-state index contributed by atoms with van der Waals surface area (Å²) in [6.45, 7) is 0. The number of nitrogens with zero attached hydrogens (tertiary/aromatic N) is 3. The SMILES string of the molecule is N#Cc1cccc(-c2nc(Cl)nc3ccc(Br)cc23)c1F. The van der Waals surface area contributed by atoms with Crippen molar-refractivity contribution in [1.82, 2.24) is 9.97 Å². The zero-order chi connectivity index (χ0) is 15.0. The fourth-order valence-corrected chi connectivity index (χ4v) is 2.62. The molecule has 21 heavy (non-hydrogen) atoms. The van der Waals surface area contributed by atoms with Crippen LogP contribution in [0.25, 0.3) is 22.2 Å². The predicted molar refractivity (Wildman–Crippen MR) is 82.4 cm³/mol. The van der Waals surface area contributed by atoms with Gasteiger partial charge in [-0.3, -0.25) is 0 Å². The van der Waals surface area contributed by atoms with Crippen LogP contribution in [0.2, 0.25) is 5.28 Å². The molecule has 6 heteroatoms. The third-order valence-corrected chi connectivity index (χ3v) is 3.67. The Labute approximate surface area is 133 Å². The maximum absolute atomic E-state index is 14.4. The average molecular weight is 363 g/mol. The first kappa shape index (κ1) is 13.9. The predicted octanol–water partition coefficient (Wildman–Crippen LogP) is 4.72. The van der Waals surface area contributed by atoms with E-state index >= 15 is 0 Å². The summed E-state index contributed by atoms with van der Waals surface area (Å²) in [5, 5.41) is 9.63. The maximum Gasteiger partial charge on any atom is 0.223 e. The topological polar surface area (TPSA) is 49.6 Å². The van der Waals surface area contributed by atoms with E-state index in [0.29, 0.717) is 16.6 Å². The van der Waals surface area contributed by atoms with Gasteiger partial charge in [-0.05, 0) is 41.9 Å². The summed E-state index contributed by atoms with van der Waals surface area (Å²) in [5.74, 6) is -0.615. The van der Waals surface area contributed by atoms with Gasteiger partial charge < -0.3 is 0 Å². The van der Waals surface area contributed by atoms with Crippen molar-refractivity contribution >= 4 is 38.4 Å². The van der Waals surface area contributed by atoms with E-state index in [-0.39, 0.29) is 16.4 Å². The minimum Gasteiger partial charge on any atom is -0.218 e. The Bertz CT molecular complexity index is 905. The lowest BCUT2D eigenvalue weighted by Gasteiger charge is -2.08. The number of halogens is 3. The summed E-state index contributed by atoms with van der Waals surface area (Å²) >= 11 is 9.29. The van der Waals surface area contributed by atoms with Gasteiger partial charge in [0.2, 0.25) is 5.28 Å². The van der Waals surface area contributed by atoms with E-state index in [0.717, 1.165) is 4.47 Å². The highest BCUT2D eigenvalue weighted by Crippen LogP contribution is 2.31. The van der Waals surface area contributed by atoms with E-state index in [4.69, 9.17) is 16.9 Å². The quantitative estimate of drug-likeness (QED) is 0.588. The molecule has 0 aliphatic heterocycles. The van der Waals surface area contributed by atoms with Gasteiger partial charge in [0.1, 0.15) is 11.9 Å². The van der Waals surface area contributed by atoms with Crippen LogP contribution in [0.5, 0.6) is 0 Å². The third-order valence-electron chi connectivity index (χ3n) is 3.00. The molecule has 1 heterocycles. The molecule has 0 atom stereocenters. The zero-order valence-corrected chi connectivity index (χ0v) is 12.8. The Kier molecular flexibility index (Phi) is 3.58. The highest BCUT2D eigenvalue weighted by atomic mass is 79.9. The van der Waals surface area contributed by atoms with Gasteiger partial charge in [-0.2, -0.15) is 5.26 Å². The van der Waals surface area contributed by atoms with Crippen molar-refractivity contribution in [2.24, 2.45) is 0 Å². The molecule has 0 spiro atoms. The number of benzene rings is 2. The molecule has 102 valence electrons. The molecule has 0 N–H and O–H groups in total. The minimum absolute atomic E-state index is 0.0292. The van der Waals surface area contributed by atoms with Gasteiger partial charge in [0.05, 0.1) is 16.8 Å². The van der Waals surface area contributed by atoms with Crippen molar-refractivity contribution in [1.29, 1.82) is 5.26 Å². The molecular weight excluding hydrogens is 357 g/mol. The van der Waals surface area contributed by atoms with Crippen molar-refractivity contribution in [3.63, 3.8) is 0 Å². The number of rotatable bonds is 1. The highest BCUT2D eigenvalue weighted by Gasteiger charge is 2.15. The highest BCUT2D eigenvalue weighted by molar-refractivity contribution is 9.10.